The molecule has 0 radical (unpaired) electrons. The molecule has 0 unspecified atom stereocenters. The summed E-state index contributed by atoms with van der Waals surface area (Å²) >= 11 is 0. The van der Waals surface area contributed by atoms with Crippen LogP contribution in [0.25, 0.3) is 11.5 Å². The monoisotopic (exact) mass is 373 g/mol. The van der Waals surface area contributed by atoms with E-state index < -0.39 is 0 Å². The molecular formula is C23H20FN3O. The first-order valence-corrected chi connectivity index (χ1v) is 9.05. The maximum Gasteiger partial charge on any atom is 0.247 e. The van der Waals surface area contributed by atoms with Crippen molar-refractivity contribution in [2.75, 3.05) is 11.9 Å². The van der Waals surface area contributed by atoms with Gasteiger partial charge in [0.15, 0.2) is 0 Å². The Morgan fingerprint density at radius 3 is 2.36 bits per heavy atom. The Labute approximate surface area is 163 Å². The van der Waals surface area contributed by atoms with Crippen molar-refractivity contribution in [1.29, 1.82) is 0 Å². The minimum Gasteiger partial charge on any atom is -0.418 e. The summed E-state index contributed by atoms with van der Waals surface area (Å²) in [6.45, 7) is 2.05. The van der Waals surface area contributed by atoms with Gasteiger partial charge in [0.1, 0.15) is 11.9 Å². The standard InChI is InChI=1S/C23H20FN3O/c1-16-7-6-10-20(15-16)27(2)21(17-11-13-19(24)14-12-17)23-26-25-22(28-23)18-8-4-3-5-9-18/h3-15,21H,1-2H3/t21-/m0/s1. The van der Waals surface area contributed by atoms with Crippen LogP contribution in [0, 0.1) is 12.7 Å². The van der Waals surface area contributed by atoms with Crippen LogP contribution >= 0.6 is 0 Å². The highest BCUT2D eigenvalue weighted by Gasteiger charge is 2.26. The van der Waals surface area contributed by atoms with E-state index in [4.69, 9.17) is 4.42 Å². The van der Waals surface area contributed by atoms with Crippen LogP contribution in [0.1, 0.15) is 23.1 Å². The molecular weight excluding hydrogens is 353 g/mol. The fourth-order valence-corrected chi connectivity index (χ4v) is 3.22. The van der Waals surface area contributed by atoms with E-state index in [0.29, 0.717) is 11.8 Å². The number of aryl methyl sites for hydroxylation is 1. The zero-order valence-electron chi connectivity index (χ0n) is 15.7. The summed E-state index contributed by atoms with van der Waals surface area (Å²) in [4.78, 5) is 2.06. The molecule has 1 atom stereocenters. The molecule has 0 aliphatic heterocycles. The second kappa shape index (κ2) is 7.64. The van der Waals surface area contributed by atoms with Crippen LogP contribution in [-0.2, 0) is 0 Å². The van der Waals surface area contributed by atoms with Gasteiger partial charge < -0.3 is 9.32 Å². The van der Waals surface area contributed by atoms with Gasteiger partial charge in [0.25, 0.3) is 0 Å². The Morgan fingerprint density at radius 2 is 1.64 bits per heavy atom. The molecule has 4 aromatic rings. The molecule has 1 aromatic heterocycles. The second-order valence-electron chi connectivity index (χ2n) is 6.72. The highest BCUT2D eigenvalue weighted by molar-refractivity contribution is 5.54. The number of rotatable bonds is 5. The van der Waals surface area contributed by atoms with Gasteiger partial charge in [0.2, 0.25) is 11.8 Å². The first-order chi connectivity index (χ1) is 13.6. The SMILES string of the molecule is Cc1cccc(N(C)[C@@H](c2ccc(F)cc2)c2nnc(-c3ccccc3)o2)c1. The number of nitrogens with zero attached hydrogens (tertiary/aromatic N) is 3. The van der Waals surface area contributed by atoms with E-state index in [1.54, 1.807) is 12.1 Å². The number of anilines is 1. The fourth-order valence-electron chi connectivity index (χ4n) is 3.22. The molecule has 3 aromatic carbocycles. The Hall–Kier alpha value is -3.47. The lowest BCUT2D eigenvalue weighted by molar-refractivity contribution is 0.476. The van der Waals surface area contributed by atoms with Gasteiger partial charge in [-0.3, -0.25) is 0 Å². The molecule has 1 heterocycles. The number of aromatic nitrogens is 2. The van der Waals surface area contributed by atoms with Crippen molar-refractivity contribution in [2.24, 2.45) is 0 Å². The summed E-state index contributed by atoms with van der Waals surface area (Å²) in [6, 6.07) is 23.9. The molecule has 4 nitrogen and oxygen atoms in total. The van der Waals surface area contributed by atoms with Crippen LogP contribution in [-0.4, -0.2) is 17.2 Å². The Bertz CT molecular complexity index is 1060. The predicted octanol–water partition coefficient (Wildman–Crippen LogP) is 5.41. The molecule has 0 saturated carbocycles. The second-order valence-corrected chi connectivity index (χ2v) is 6.72. The van der Waals surface area contributed by atoms with E-state index in [-0.39, 0.29) is 11.9 Å². The molecule has 0 N–H and O–H groups in total. The molecule has 28 heavy (non-hydrogen) atoms. The zero-order chi connectivity index (χ0) is 19.5. The molecule has 0 aliphatic rings. The number of halogens is 1. The van der Waals surface area contributed by atoms with E-state index >= 15 is 0 Å². The van der Waals surface area contributed by atoms with E-state index in [1.165, 1.54) is 12.1 Å². The van der Waals surface area contributed by atoms with E-state index in [2.05, 4.69) is 21.2 Å². The van der Waals surface area contributed by atoms with Crippen molar-refractivity contribution in [1.82, 2.24) is 10.2 Å². The highest BCUT2D eigenvalue weighted by atomic mass is 19.1. The lowest BCUT2D eigenvalue weighted by Gasteiger charge is -2.28. The third-order valence-corrected chi connectivity index (χ3v) is 4.68. The van der Waals surface area contributed by atoms with Crippen LogP contribution in [0.15, 0.2) is 83.3 Å². The fraction of sp³-hybridized carbons (Fsp3) is 0.130. The molecule has 0 aliphatic carbocycles. The summed E-state index contributed by atoms with van der Waals surface area (Å²) in [5.74, 6) is 0.631. The van der Waals surface area contributed by atoms with Gasteiger partial charge in [-0.15, -0.1) is 10.2 Å². The van der Waals surface area contributed by atoms with E-state index in [0.717, 1.165) is 22.4 Å². The van der Waals surface area contributed by atoms with Crippen LogP contribution < -0.4 is 4.90 Å². The van der Waals surface area contributed by atoms with E-state index in [1.807, 2.05) is 62.5 Å². The van der Waals surface area contributed by atoms with Crippen LogP contribution in [0.4, 0.5) is 10.1 Å². The Kier molecular flexibility index (Phi) is 4.89. The van der Waals surface area contributed by atoms with Crippen molar-refractivity contribution >= 4 is 5.69 Å². The first kappa shape index (κ1) is 17.9. The van der Waals surface area contributed by atoms with Crippen molar-refractivity contribution in [2.45, 2.75) is 13.0 Å². The average Bonchev–Trinajstić information content (AvgIpc) is 3.20. The quantitative estimate of drug-likeness (QED) is 0.469. The summed E-state index contributed by atoms with van der Waals surface area (Å²) in [5, 5.41) is 8.54. The smallest absolute Gasteiger partial charge is 0.247 e. The summed E-state index contributed by atoms with van der Waals surface area (Å²) in [7, 11) is 1.97. The number of hydrogen-bond acceptors (Lipinski definition) is 4. The molecule has 140 valence electrons. The lowest BCUT2D eigenvalue weighted by Crippen LogP contribution is -2.25. The minimum absolute atomic E-state index is 0.281. The van der Waals surface area contributed by atoms with Gasteiger partial charge >= 0.3 is 0 Å². The van der Waals surface area contributed by atoms with Gasteiger partial charge in [-0.1, -0.05) is 42.5 Å². The van der Waals surface area contributed by atoms with Gasteiger partial charge in [-0.2, -0.15) is 0 Å². The molecule has 0 fully saturated rings. The normalized spacial score (nSPS) is 12.0. The Morgan fingerprint density at radius 1 is 0.893 bits per heavy atom. The maximum absolute atomic E-state index is 13.5. The van der Waals surface area contributed by atoms with Crippen LogP contribution in [0.3, 0.4) is 0 Å². The summed E-state index contributed by atoms with van der Waals surface area (Å²) in [5.41, 5.74) is 3.89. The van der Waals surface area contributed by atoms with Crippen LogP contribution in [0.2, 0.25) is 0 Å². The summed E-state index contributed by atoms with van der Waals surface area (Å²) in [6.07, 6.45) is 0. The van der Waals surface area contributed by atoms with Crippen molar-refractivity contribution in [3.8, 4) is 11.5 Å². The minimum atomic E-state index is -0.340. The number of hydrogen-bond donors (Lipinski definition) is 0. The van der Waals surface area contributed by atoms with Gasteiger partial charge in [0, 0.05) is 18.3 Å². The number of benzene rings is 3. The van der Waals surface area contributed by atoms with Crippen LogP contribution in [0.5, 0.6) is 0 Å². The molecule has 4 rings (SSSR count). The van der Waals surface area contributed by atoms with E-state index in [9.17, 15) is 4.39 Å². The van der Waals surface area contributed by atoms with Crippen molar-refractivity contribution < 1.29 is 8.81 Å². The molecule has 5 heteroatoms. The lowest BCUT2D eigenvalue weighted by atomic mass is 10.0. The first-order valence-electron chi connectivity index (χ1n) is 9.05. The molecule has 0 spiro atoms. The Balaban J connectivity index is 1.77. The third-order valence-electron chi connectivity index (χ3n) is 4.68. The van der Waals surface area contributed by atoms with Crippen molar-refractivity contribution in [3.05, 3.63) is 102 Å². The average molecular weight is 373 g/mol. The largest absolute Gasteiger partial charge is 0.418 e. The van der Waals surface area contributed by atoms with Crippen molar-refractivity contribution in [3.63, 3.8) is 0 Å². The predicted molar refractivity (Wildman–Crippen MR) is 108 cm³/mol. The molecule has 0 bridgehead atoms. The van der Waals surface area contributed by atoms with Gasteiger partial charge in [-0.25, -0.2) is 4.39 Å². The maximum atomic E-state index is 13.5. The molecule has 0 saturated heterocycles. The summed E-state index contributed by atoms with van der Waals surface area (Å²) < 4.78 is 19.5. The van der Waals surface area contributed by atoms with Gasteiger partial charge in [0.05, 0.1) is 0 Å². The zero-order valence-corrected chi connectivity index (χ0v) is 15.7. The topological polar surface area (TPSA) is 42.2 Å². The third kappa shape index (κ3) is 3.64. The van der Waals surface area contributed by atoms with Gasteiger partial charge in [-0.05, 0) is 54.4 Å². The highest BCUT2D eigenvalue weighted by Crippen LogP contribution is 2.33. The molecule has 0 amide bonds.